The first-order valence-corrected chi connectivity index (χ1v) is 8.20. The van der Waals surface area contributed by atoms with Crippen molar-refractivity contribution in [2.45, 2.75) is 19.8 Å². The van der Waals surface area contributed by atoms with Crippen molar-refractivity contribution in [2.75, 3.05) is 13.6 Å². The smallest absolute Gasteiger partial charge is 0.267 e. The van der Waals surface area contributed by atoms with Crippen LogP contribution in [0, 0.1) is 0 Å². The summed E-state index contributed by atoms with van der Waals surface area (Å²) in [6.07, 6.45) is 1.89. The fraction of sp³-hybridized carbons (Fsp3) is 0.455. The molecule has 0 unspecified atom stereocenters. The van der Waals surface area contributed by atoms with E-state index >= 15 is 0 Å². The number of thiocarbonyl (C=S) groups is 2. The predicted molar refractivity (Wildman–Crippen MR) is 86.8 cm³/mol. The van der Waals surface area contributed by atoms with E-state index in [1.807, 2.05) is 0 Å². The summed E-state index contributed by atoms with van der Waals surface area (Å²) < 4.78 is 0.994. The monoisotopic (exact) mass is 332 g/mol. The summed E-state index contributed by atoms with van der Waals surface area (Å²) in [4.78, 5) is 28.1. The third-order valence-electron chi connectivity index (χ3n) is 2.75. The molecule has 102 valence electrons. The van der Waals surface area contributed by atoms with Gasteiger partial charge in [-0.15, -0.1) is 0 Å². The standard InChI is InChI=1S/C11H12N2O2S4/c1-3-4-5-13-9(15)7(19-11(13)17)6-8(14)12(2)10(16)18-6/h3-5H2,1-2H3/b7-6+. The van der Waals surface area contributed by atoms with Gasteiger partial charge in [-0.25, -0.2) is 0 Å². The number of rotatable bonds is 3. The molecule has 0 atom stereocenters. The Bertz CT molecular complexity index is 515. The summed E-state index contributed by atoms with van der Waals surface area (Å²) in [7, 11) is 1.61. The molecule has 19 heavy (non-hydrogen) atoms. The average Bonchev–Trinajstić information content (AvgIpc) is 2.79. The molecule has 0 radical (unpaired) electrons. The van der Waals surface area contributed by atoms with E-state index in [1.165, 1.54) is 28.4 Å². The Kier molecular flexibility index (Phi) is 4.65. The normalized spacial score (nSPS) is 24.1. The minimum Gasteiger partial charge on any atom is -0.296 e. The number of hydrogen-bond donors (Lipinski definition) is 0. The molecule has 0 bridgehead atoms. The molecule has 2 aliphatic rings. The van der Waals surface area contributed by atoms with Crippen molar-refractivity contribution < 1.29 is 9.59 Å². The molecule has 2 heterocycles. The Morgan fingerprint density at radius 3 is 2.16 bits per heavy atom. The second kappa shape index (κ2) is 5.90. The highest BCUT2D eigenvalue weighted by atomic mass is 32.2. The van der Waals surface area contributed by atoms with E-state index in [0.29, 0.717) is 25.0 Å². The van der Waals surface area contributed by atoms with Crippen LogP contribution in [0.2, 0.25) is 0 Å². The minimum absolute atomic E-state index is 0.169. The third kappa shape index (κ3) is 2.72. The maximum Gasteiger partial charge on any atom is 0.267 e. The summed E-state index contributed by atoms with van der Waals surface area (Å²) >= 11 is 12.6. The highest BCUT2D eigenvalue weighted by Crippen LogP contribution is 2.41. The van der Waals surface area contributed by atoms with Crippen LogP contribution in [-0.4, -0.2) is 43.8 Å². The van der Waals surface area contributed by atoms with E-state index in [-0.39, 0.29) is 11.8 Å². The fourth-order valence-corrected chi connectivity index (χ4v) is 4.26. The summed E-state index contributed by atoms with van der Waals surface area (Å²) in [6, 6.07) is 0. The highest BCUT2D eigenvalue weighted by molar-refractivity contribution is 8.29. The Morgan fingerprint density at radius 2 is 1.63 bits per heavy atom. The van der Waals surface area contributed by atoms with Gasteiger partial charge in [0.1, 0.15) is 8.64 Å². The molecule has 2 aliphatic heterocycles. The zero-order valence-electron chi connectivity index (χ0n) is 10.5. The van der Waals surface area contributed by atoms with Gasteiger partial charge in [-0.3, -0.25) is 19.4 Å². The molecule has 0 aromatic carbocycles. The average molecular weight is 332 g/mol. The Morgan fingerprint density at radius 1 is 1.05 bits per heavy atom. The maximum absolute atomic E-state index is 12.3. The van der Waals surface area contributed by atoms with Crippen LogP contribution >= 0.6 is 48.0 Å². The van der Waals surface area contributed by atoms with Gasteiger partial charge in [0.05, 0.1) is 9.81 Å². The van der Waals surface area contributed by atoms with Gasteiger partial charge in [-0.05, 0) is 6.42 Å². The molecule has 0 aromatic heterocycles. The second-order valence-corrected chi connectivity index (χ2v) is 7.36. The number of likely N-dealkylation sites (N-methyl/N-ethyl adjacent to an activating group) is 1. The Labute approximate surface area is 130 Å². The predicted octanol–water partition coefficient (Wildman–Crippen LogP) is 2.35. The van der Waals surface area contributed by atoms with Gasteiger partial charge in [-0.2, -0.15) is 0 Å². The molecule has 4 nitrogen and oxygen atoms in total. The molecule has 2 saturated heterocycles. The molecular weight excluding hydrogens is 320 g/mol. The molecule has 2 fully saturated rings. The van der Waals surface area contributed by atoms with Gasteiger partial charge in [0.25, 0.3) is 11.8 Å². The zero-order chi connectivity index (χ0) is 14.2. The first-order chi connectivity index (χ1) is 8.97. The number of carbonyl (C=O) groups excluding carboxylic acids is 2. The lowest BCUT2D eigenvalue weighted by Crippen LogP contribution is -2.29. The van der Waals surface area contributed by atoms with Crippen molar-refractivity contribution in [3.63, 3.8) is 0 Å². The van der Waals surface area contributed by atoms with Crippen LogP contribution in [-0.2, 0) is 9.59 Å². The molecule has 0 spiro atoms. The molecule has 8 heteroatoms. The summed E-state index contributed by atoms with van der Waals surface area (Å²) in [5, 5.41) is 0. The molecule has 0 saturated carbocycles. The van der Waals surface area contributed by atoms with Crippen molar-refractivity contribution in [1.29, 1.82) is 0 Å². The van der Waals surface area contributed by atoms with Crippen LogP contribution in [0.4, 0.5) is 0 Å². The summed E-state index contributed by atoms with van der Waals surface area (Å²) in [5.74, 6) is -0.386. The first kappa shape index (κ1) is 15.0. The molecule has 2 rings (SSSR count). The van der Waals surface area contributed by atoms with E-state index < -0.39 is 0 Å². The van der Waals surface area contributed by atoms with E-state index in [2.05, 4.69) is 6.92 Å². The van der Waals surface area contributed by atoms with Crippen LogP contribution in [0.1, 0.15) is 19.8 Å². The second-order valence-electron chi connectivity index (χ2n) is 4.07. The minimum atomic E-state index is -0.217. The van der Waals surface area contributed by atoms with Crippen LogP contribution in [0.15, 0.2) is 9.81 Å². The lowest BCUT2D eigenvalue weighted by molar-refractivity contribution is -0.124. The first-order valence-electron chi connectivity index (χ1n) is 5.75. The van der Waals surface area contributed by atoms with E-state index in [4.69, 9.17) is 24.4 Å². The summed E-state index contributed by atoms with van der Waals surface area (Å²) in [6.45, 7) is 2.66. The van der Waals surface area contributed by atoms with Crippen molar-refractivity contribution in [3.05, 3.63) is 9.81 Å². The van der Waals surface area contributed by atoms with Gasteiger partial charge in [0.2, 0.25) is 0 Å². The number of hydrogen-bond acceptors (Lipinski definition) is 6. The SMILES string of the molecule is CCCCN1C(=O)/C(=C2\SC(=S)N(C)C2=O)SC1=S. The zero-order valence-corrected chi connectivity index (χ0v) is 13.7. The molecule has 2 amide bonds. The Hall–Kier alpha value is -0.440. The Balaban J connectivity index is 2.28. The van der Waals surface area contributed by atoms with Crippen LogP contribution < -0.4 is 0 Å². The van der Waals surface area contributed by atoms with Crippen molar-refractivity contribution in [1.82, 2.24) is 9.80 Å². The highest BCUT2D eigenvalue weighted by Gasteiger charge is 2.40. The topological polar surface area (TPSA) is 40.6 Å². The quantitative estimate of drug-likeness (QED) is 0.584. The molecule has 0 N–H and O–H groups in total. The van der Waals surface area contributed by atoms with Gasteiger partial charge in [0, 0.05) is 13.6 Å². The van der Waals surface area contributed by atoms with Crippen molar-refractivity contribution in [2.24, 2.45) is 0 Å². The van der Waals surface area contributed by atoms with E-state index in [0.717, 1.165) is 12.8 Å². The van der Waals surface area contributed by atoms with Crippen molar-refractivity contribution >= 4 is 68.4 Å². The largest absolute Gasteiger partial charge is 0.296 e. The van der Waals surface area contributed by atoms with Gasteiger partial charge < -0.3 is 0 Å². The van der Waals surface area contributed by atoms with Crippen LogP contribution in [0.3, 0.4) is 0 Å². The van der Waals surface area contributed by atoms with E-state index in [9.17, 15) is 9.59 Å². The number of nitrogens with zero attached hydrogens (tertiary/aromatic N) is 2. The van der Waals surface area contributed by atoms with Crippen molar-refractivity contribution in [3.8, 4) is 0 Å². The maximum atomic E-state index is 12.3. The summed E-state index contributed by atoms with van der Waals surface area (Å²) in [5.41, 5.74) is 0. The van der Waals surface area contributed by atoms with Gasteiger partial charge in [0.15, 0.2) is 0 Å². The van der Waals surface area contributed by atoms with Crippen LogP contribution in [0.25, 0.3) is 0 Å². The number of thioether (sulfide) groups is 2. The van der Waals surface area contributed by atoms with Gasteiger partial charge >= 0.3 is 0 Å². The van der Waals surface area contributed by atoms with Gasteiger partial charge in [-0.1, -0.05) is 61.3 Å². The van der Waals surface area contributed by atoms with E-state index in [1.54, 1.807) is 11.9 Å². The molecule has 0 aliphatic carbocycles. The number of unbranched alkanes of at least 4 members (excludes halogenated alkanes) is 1. The molecule has 0 aromatic rings. The lowest BCUT2D eigenvalue weighted by Gasteiger charge is -2.13. The number of carbonyl (C=O) groups is 2. The third-order valence-corrected chi connectivity index (χ3v) is 5.89. The number of amides is 2. The lowest BCUT2D eigenvalue weighted by atomic mass is 10.3. The fourth-order valence-electron chi connectivity index (χ4n) is 1.62. The van der Waals surface area contributed by atoms with Crippen LogP contribution in [0.5, 0.6) is 0 Å². The molecular formula is C11H12N2O2S4.